The van der Waals surface area contributed by atoms with E-state index in [9.17, 15) is 38.7 Å². The van der Waals surface area contributed by atoms with Crippen molar-refractivity contribution < 1.29 is 48.1 Å². The van der Waals surface area contributed by atoms with E-state index in [1.165, 1.54) is 17.1 Å². The molecule has 0 unspecified atom stereocenters. The second kappa shape index (κ2) is 19.4. The molecule has 0 bridgehead atoms. The van der Waals surface area contributed by atoms with Crippen molar-refractivity contribution >= 4 is 52.3 Å². The van der Waals surface area contributed by atoms with E-state index in [1.54, 1.807) is 66.9 Å². The summed E-state index contributed by atoms with van der Waals surface area (Å²) in [5.74, 6) is -1.95. The van der Waals surface area contributed by atoms with Crippen molar-refractivity contribution in [1.82, 2.24) is 25.1 Å². The third-order valence-corrected chi connectivity index (χ3v) is 12.3. The van der Waals surface area contributed by atoms with Gasteiger partial charge in [0, 0.05) is 53.0 Å². The normalized spacial score (nSPS) is 16.9. The average molecular weight is 903 g/mol. The molecule has 5 heterocycles. The van der Waals surface area contributed by atoms with Crippen LogP contribution in [0.15, 0.2) is 77.8 Å². The first-order chi connectivity index (χ1) is 31.5. The van der Waals surface area contributed by atoms with Crippen molar-refractivity contribution in [1.29, 1.82) is 0 Å². The number of carbonyl (C=O) groups is 6. The van der Waals surface area contributed by atoms with Crippen molar-refractivity contribution in [3.63, 3.8) is 0 Å². The number of fused-ring (bicyclic) bond motifs is 5. The Labute approximate surface area is 381 Å². The zero-order valence-electron chi connectivity index (χ0n) is 37.7. The molecule has 4 amide bonds. The van der Waals surface area contributed by atoms with Crippen LogP contribution in [0.25, 0.3) is 22.3 Å². The van der Waals surface area contributed by atoms with Crippen molar-refractivity contribution in [2.75, 3.05) is 11.9 Å². The largest absolute Gasteiger partial charge is 0.510 e. The van der Waals surface area contributed by atoms with Gasteiger partial charge in [0.2, 0.25) is 17.4 Å². The van der Waals surface area contributed by atoms with Gasteiger partial charge in [-0.05, 0) is 86.1 Å². The molecule has 3 atom stereocenters. The lowest BCUT2D eigenvalue weighted by Gasteiger charge is -2.35. The number of ether oxygens (including phenoxy) is 3. The first-order valence-electron chi connectivity index (χ1n) is 22.2. The van der Waals surface area contributed by atoms with Gasteiger partial charge in [0.25, 0.3) is 17.4 Å². The first kappa shape index (κ1) is 46.7. The molecule has 0 spiro atoms. The van der Waals surface area contributed by atoms with Crippen LogP contribution < -0.4 is 21.5 Å². The van der Waals surface area contributed by atoms with Gasteiger partial charge in [-0.3, -0.25) is 28.9 Å². The fraction of sp³-hybridized carbons (Fsp3) is 0.388. The summed E-state index contributed by atoms with van der Waals surface area (Å²) < 4.78 is 18.3. The summed E-state index contributed by atoms with van der Waals surface area (Å²) in [7, 11) is 0. The van der Waals surface area contributed by atoms with E-state index in [2.05, 4.69) is 22.5 Å². The van der Waals surface area contributed by atoms with E-state index >= 15 is 0 Å². The number of imide groups is 1. The number of unbranched alkanes of at least 4 members (excludes halogenated alkanes) is 2. The SMILES string of the molecule is C=C(N[C@@H](C)C(=O)Nc1ccc(COC(=O)O[C@]2(CC)C(=O)OCc3c2cc2n(c3=O)Cc3c-2nc2ccc(O)cc2c3CC)cc1)[C@@H](NC(=O)CCCCCN1C(=O)C=CC1=O)C(C)C. The Kier molecular flexibility index (Phi) is 13.7. The average Bonchev–Trinajstić information content (AvgIpc) is 3.82. The lowest BCUT2D eigenvalue weighted by atomic mass is 9.85. The number of nitrogens with zero attached hydrogens (tertiary/aromatic N) is 3. The number of aromatic nitrogens is 2. The minimum Gasteiger partial charge on any atom is -0.508 e. The summed E-state index contributed by atoms with van der Waals surface area (Å²) >= 11 is 0. The van der Waals surface area contributed by atoms with Gasteiger partial charge >= 0.3 is 12.1 Å². The minimum atomic E-state index is -1.97. The standard InChI is InChI=1S/C49H54N6O11/c1-7-33-34-22-32(56)17-18-38(34)52-44-35(33)24-55-39(44)23-37-36(46(55)61)26-64-47(62)49(37,8-2)66-48(63)65-25-30-13-15-31(16-14-30)51-45(60)29(6)50-28(5)43(27(3)4)53-40(57)12-10-9-11-21-54-41(58)19-20-42(54)59/h13-20,22-23,27,29,43,50,56H,5,7-12,21,24-26H2,1-4,6H3,(H,51,60)(H,53,57)/t29-,43-,49-/m0/s1. The quantitative estimate of drug-likeness (QED) is 0.0467. The van der Waals surface area contributed by atoms with E-state index in [1.807, 2.05) is 20.8 Å². The molecule has 4 aromatic rings. The predicted octanol–water partition coefficient (Wildman–Crippen LogP) is 5.77. The lowest BCUT2D eigenvalue weighted by molar-refractivity contribution is -0.175. The molecule has 0 aliphatic carbocycles. The van der Waals surface area contributed by atoms with E-state index in [-0.39, 0.29) is 79.0 Å². The van der Waals surface area contributed by atoms with Gasteiger partial charge in [-0.2, -0.15) is 0 Å². The molecule has 7 rings (SSSR count). The second-order valence-electron chi connectivity index (χ2n) is 17.0. The molecule has 66 heavy (non-hydrogen) atoms. The zero-order valence-corrected chi connectivity index (χ0v) is 37.7. The molecule has 2 aromatic carbocycles. The Morgan fingerprint density at radius 3 is 2.35 bits per heavy atom. The molecule has 3 aliphatic rings. The number of benzene rings is 2. The van der Waals surface area contributed by atoms with Crippen LogP contribution in [0.3, 0.4) is 0 Å². The summed E-state index contributed by atoms with van der Waals surface area (Å²) in [5, 5.41) is 19.9. The molecular formula is C49H54N6O11. The maximum atomic E-state index is 14.0. The van der Waals surface area contributed by atoms with Crippen LogP contribution in [0.5, 0.6) is 5.75 Å². The number of aromatic hydroxyl groups is 1. The Morgan fingerprint density at radius 2 is 1.67 bits per heavy atom. The number of cyclic esters (lactones) is 1. The summed E-state index contributed by atoms with van der Waals surface area (Å²) in [6.45, 7) is 13.3. The molecule has 346 valence electrons. The second-order valence-corrected chi connectivity index (χ2v) is 17.0. The van der Waals surface area contributed by atoms with Crippen LogP contribution >= 0.6 is 0 Å². The highest BCUT2D eigenvalue weighted by molar-refractivity contribution is 6.12. The number of phenols is 1. The highest BCUT2D eigenvalue weighted by Crippen LogP contribution is 2.42. The number of phenolic OH excluding ortho intramolecular Hbond substituents is 1. The van der Waals surface area contributed by atoms with E-state index in [4.69, 9.17) is 19.2 Å². The molecule has 0 fully saturated rings. The lowest BCUT2D eigenvalue weighted by Crippen LogP contribution is -2.47. The number of carbonyl (C=O) groups excluding carboxylic acids is 6. The molecule has 17 nitrogen and oxygen atoms in total. The summed E-state index contributed by atoms with van der Waals surface area (Å²) in [5.41, 5.74) is 2.97. The number of aryl methyl sites for hydroxylation is 1. The molecule has 2 aromatic heterocycles. The molecule has 4 N–H and O–H groups in total. The van der Waals surface area contributed by atoms with Gasteiger partial charge < -0.3 is 39.8 Å². The Hall–Kier alpha value is -7.30. The van der Waals surface area contributed by atoms with Crippen molar-refractivity contribution in [2.45, 2.75) is 111 Å². The number of amides is 4. The Morgan fingerprint density at radius 1 is 0.939 bits per heavy atom. The highest BCUT2D eigenvalue weighted by atomic mass is 16.7. The number of rotatable bonds is 18. The van der Waals surface area contributed by atoms with Crippen LogP contribution in [0.2, 0.25) is 0 Å². The van der Waals surface area contributed by atoms with Crippen LogP contribution in [0.4, 0.5) is 10.5 Å². The monoisotopic (exact) mass is 902 g/mol. The van der Waals surface area contributed by atoms with Gasteiger partial charge in [0.05, 0.1) is 35.1 Å². The van der Waals surface area contributed by atoms with Crippen LogP contribution in [-0.2, 0) is 70.0 Å². The first-order valence-corrected chi connectivity index (χ1v) is 22.2. The van der Waals surface area contributed by atoms with E-state index in [0.717, 1.165) is 16.5 Å². The van der Waals surface area contributed by atoms with Gasteiger partial charge in [-0.15, -0.1) is 0 Å². The molecule has 3 aliphatic heterocycles. The van der Waals surface area contributed by atoms with Crippen molar-refractivity contribution in [3.05, 3.63) is 111 Å². The maximum Gasteiger partial charge on any atom is 0.510 e. The number of hydrogen-bond donors (Lipinski definition) is 4. The summed E-state index contributed by atoms with van der Waals surface area (Å²) in [6.07, 6.45) is 4.00. The van der Waals surface area contributed by atoms with Crippen LogP contribution in [0.1, 0.15) is 94.5 Å². The minimum absolute atomic E-state index is 0.0365. The smallest absolute Gasteiger partial charge is 0.508 e. The number of hydrogen-bond acceptors (Lipinski definition) is 13. The van der Waals surface area contributed by atoms with Gasteiger partial charge in [-0.1, -0.05) is 52.8 Å². The molecule has 0 saturated heterocycles. The van der Waals surface area contributed by atoms with Crippen molar-refractivity contribution in [3.8, 4) is 17.1 Å². The zero-order chi connectivity index (χ0) is 47.4. The highest BCUT2D eigenvalue weighted by Gasteiger charge is 2.51. The number of pyridine rings is 2. The maximum absolute atomic E-state index is 14.0. The summed E-state index contributed by atoms with van der Waals surface area (Å²) in [4.78, 5) is 96.4. The van der Waals surface area contributed by atoms with Gasteiger partial charge in [0.15, 0.2) is 0 Å². The Bertz CT molecular complexity index is 2710. The fourth-order valence-electron chi connectivity index (χ4n) is 8.68. The van der Waals surface area contributed by atoms with E-state index < -0.39 is 35.4 Å². The van der Waals surface area contributed by atoms with Crippen molar-refractivity contribution in [2.24, 2.45) is 5.92 Å². The predicted molar refractivity (Wildman–Crippen MR) is 243 cm³/mol. The summed E-state index contributed by atoms with van der Waals surface area (Å²) in [6, 6.07) is 12.0. The van der Waals surface area contributed by atoms with Crippen LogP contribution in [0, 0.1) is 5.92 Å². The molecule has 17 heteroatoms. The fourth-order valence-corrected chi connectivity index (χ4v) is 8.68. The third kappa shape index (κ3) is 9.41. The number of esters is 1. The van der Waals surface area contributed by atoms with Crippen LogP contribution in [-0.4, -0.2) is 73.9 Å². The third-order valence-electron chi connectivity index (χ3n) is 12.3. The van der Waals surface area contributed by atoms with Gasteiger partial charge in [-0.25, -0.2) is 14.6 Å². The topological polar surface area (TPSA) is 225 Å². The molecular weight excluding hydrogens is 849 g/mol. The number of anilines is 1. The Balaban J connectivity index is 0.926. The molecule has 0 radical (unpaired) electrons. The van der Waals surface area contributed by atoms with Gasteiger partial charge in [0.1, 0.15) is 25.0 Å². The number of nitrogens with one attached hydrogen (secondary N) is 3. The molecule has 0 saturated carbocycles. The van der Waals surface area contributed by atoms with E-state index in [0.29, 0.717) is 66.1 Å².